The minimum atomic E-state index is -0.492. The third kappa shape index (κ3) is 6.16. The van der Waals surface area contributed by atoms with Crippen LogP contribution in [-0.4, -0.2) is 28.6 Å². The highest BCUT2D eigenvalue weighted by Gasteiger charge is 2.14. The van der Waals surface area contributed by atoms with Crippen LogP contribution in [-0.2, 0) is 16.1 Å². The zero-order chi connectivity index (χ0) is 20.6. The maximum atomic E-state index is 13.2. The molecule has 7 nitrogen and oxygen atoms in total. The molecular weight excluding hydrogens is 395 g/mol. The lowest BCUT2D eigenvalue weighted by Gasteiger charge is -2.14. The average Bonchev–Trinajstić information content (AvgIpc) is 3.18. The van der Waals surface area contributed by atoms with Gasteiger partial charge in [-0.15, -0.1) is 10.2 Å². The fourth-order valence-electron chi connectivity index (χ4n) is 2.49. The Bertz CT molecular complexity index is 981. The molecule has 0 aliphatic rings. The molecule has 0 bridgehead atoms. The molecule has 0 aliphatic heterocycles. The van der Waals surface area contributed by atoms with E-state index in [0.29, 0.717) is 10.7 Å². The van der Waals surface area contributed by atoms with E-state index in [-0.39, 0.29) is 30.2 Å². The minimum Gasteiger partial charge on any atom is -0.364 e. The van der Waals surface area contributed by atoms with E-state index in [4.69, 9.17) is 4.74 Å². The van der Waals surface area contributed by atoms with Gasteiger partial charge in [0, 0.05) is 5.69 Å². The highest BCUT2D eigenvalue weighted by molar-refractivity contribution is 7.13. The number of nitrogens with zero attached hydrogens (tertiary/aromatic N) is 2. The normalized spacial score (nSPS) is 11.7. The van der Waals surface area contributed by atoms with E-state index in [1.807, 2.05) is 37.3 Å². The largest absolute Gasteiger partial charge is 0.364 e. The molecule has 0 fully saturated rings. The van der Waals surface area contributed by atoms with Gasteiger partial charge in [-0.2, -0.15) is 0 Å². The van der Waals surface area contributed by atoms with Gasteiger partial charge >= 0.3 is 0 Å². The van der Waals surface area contributed by atoms with Gasteiger partial charge in [0.15, 0.2) is 0 Å². The first-order chi connectivity index (χ1) is 14.0. The van der Waals surface area contributed by atoms with Crippen molar-refractivity contribution < 1.29 is 18.7 Å². The molecule has 3 rings (SSSR count). The Kier molecular flexibility index (Phi) is 6.99. The summed E-state index contributed by atoms with van der Waals surface area (Å²) in [4.78, 5) is 24.1. The van der Waals surface area contributed by atoms with Crippen molar-refractivity contribution in [1.29, 1.82) is 0 Å². The lowest BCUT2D eigenvalue weighted by molar-refractivity contribution is -0.126. The minimum absolute atomic E-state index is 0.0536. The summed E-state index contributed by atoms with van der Waals surface area (Å²) in [6, 6.07) is 15.0. The number of carbonyl (C=O) groups is 2. The second-order valence-corrected chi connectivity index (χ2v) is 7.22. The maximum Gasteiger partial charge on any atom is 0.286 e. The number of rotatable bonds is 8. The van der Waals surface area contributed by atoms with Gasteiger partial charge in [0.25, 0.3) is 5.91 Å². The van der Waals surface area contributed by atoms with Crippen molar-refractivity contribution in [2.75, 3.05) is 11.9 Å². The Hall–Kier alpha value is -3.17. The van der Waals surface area contributed by atoms with Gasteiger partial charge in [0.05, 0.1) is 6.04 Å². The predicted molar refractivity (Wildman–Crippen MR) is 107 cm³/mol. The summed E-state index contributed by atoms with van der Waals surface area (Å²) in [6.45, 7) is 1.81. The van der Waals surface area contributed by atoms with Crippen LogP contribution < -0.4 is 10.6 Å². The molecule has 1 aromatic heterocycles. The Balaban J connectivity index is 1.44. The molecule has 0 radical (unpaired) electrons. The summed E-state index contributed by atoms with van der Waals surface area (Å²) in [7, 11) is 0. The van der Waals surface area contributed by atoms with E-state index >= 15 is 0 Å². The fraction of sp³-hybridized carbons (Fsp3) is 0.200. The molecule has 0 spiro atoms. The van der Waals surface area contributed by atoms with E-state index in [1.54, 1.807) is 6.07 Å². The van der Waals surface area contributed by atoms with Crippen LogP contribution in [0.2, 0.25) is 0 Å². The van der Waals surface area contributed by atoms with Crippen LogP contribution in [0.4, 0.5) is 10.1 Å². The molecule has 2 N–H and O–H groups in total. The van der Waals surface area contributed by atoms with Gasteiger partial charge in [-0.1, -0.05) is 47.7 Å². The molecule has 150 valence electrons. The lowest BCUT2D eigenvalue weighted by Crippen LogP contribution is -2.30. The maximum absolute atomic E-state index is 13.2. The summed E-state index contributed by atoms with van der Waals surface area (Å²) in [6.07, 6.45) is 0. The zero-order valence-electron chi connectivity index (χ0n) is 15.6. The number of benzene rings is 2. The fourth-order valence-corrected chi connectivity index (χ4v) is 3.17. The molecule has 0 unspecified atom stereocenters. The monoisotopic (exact) mass is 414 g/mol. The van der Waals surface area contributed by atoms with Crippen molar-refractivity contribution in [2.24, 2.45) is 0 Å². The van der Waals surface area contributed by atoms with Crippen molar-refractivity contribution >= 4 is 28.8 Å². The number of hydrogen-bond acceptors (Lipinski definition) is 6. The molecule has 29 heavy (non-hydrogen) atoms. The Morgan fingerprint density at radius 1 is 1.14 bits per heavy atom. The lowest BCUT2D eigenvalue weighted by atomic mass is 10.1. The highest BCUT2D eigenvalue weighted by Crippen LogP contribution is 2.15. The molecule has 1 atom stereocenters. The molecule has 3 aromatic rings. The van der Waals surface area contributed by atoms with Crippen molar-refractivity contribution in [3.05, 3.63) is 76.0 Å². The van der Waals surface area contributed by atoms with Gasteiger partial charge < -0.3 is 15.4 Å². The molecule has 0 aliphatic carbocycles. The van der Waals surface area contributed by atoms with Crippen LogP contribution in [0.3, 0.4) is 0 Å². The third-order valence-corrected chi connectivity index (χ3v) is 4.77. The predicted octanol–water partition coefficient (Wildman–Crippen LogP) is 3.32. The van der Waals surface area contributed by atoms with Crippen molar-refractivity contribution in [3.8, 4) is 0 Å². The second kappa shape index (κ2) is 9.85. The number of nitrogens with one attached hydrogen (secondary N) is 2. The first-order valence-electron chi connectivity index (χ1n) is 8.82. The molecule has 0 saturated heterocycles. The standard InChI is InChI=1S/C20H19FN4O3S/c1-13(14-6-3-2-4-7-14)22-17(26)11-28-12-18-24-25-20(29-18)19(27)23-16-9-5-8-15(21)10-16/h2-10,13H,11-12H2,1H3,(H,22,26)(H,23,27)/t13-/m1/s1. The summed E-state index contributed by atoms with van der Waals surface area (Å²) in [5.74, 6) is -1.20. The molecule has 2 amide bonds. The van der Waals surface area contributed by atoms with E-state index in [1.165, 1.54) is 18.2 Å². The van der Waals surface area contributed by atoms with Gasteiger partial charge in [-0.05, 0) is 30.7 Å². The number of hydrogen-bond donors (Lipinski definition) is 2. The van der Waals surface area contributed by atoms with Crippen molar-refractivity contribution in [3.63, 3.8) is 0 Å². The number of carbonyl (C=O) groups excluding carboxylic acids is 2. The molecule has 2 aromatic carbocycles. The summed E-state index contributed by atoms with van der Waals surface area (Å²) in [5, 5.41) is 13.7. The van der Waals surface area contributed by atoms with E-state index < -0.39 is 11.7 Å². The van der Waals surface area contributed by atoms with Crippen LogP contribution in [0.5, 0.6) is 0 Å². The number of aromatic nitrogens is 2. The van der Waals surface area contributed by atoms with Crippen LogP contribution in [0.25, 0.3) is 0 Å². The number of ether oxygens (including phenoxy) is 1. The molecular formula is C20H19FN4O3S. The van der Waals surface area contributed by atoms with Gasteiger partial charge in [0.2, 0.25) is 10.9 Å². The SMILES string of the molecule is C[C@@H](NC(=O)COCc1nnc(C(=O)Nc2cccc(F)c2)s1)c1ccccc1. The zero-order valence-corrected chi connectivity index (χ0v) is 16.4. The van der Waals surface area contributed by atoms with Crippen molar-refractivity contribution in [2.45, 2.75) is 19.6 Å². The molecule has 1 heterocycles. The van der Waals surface area contributed by atoms with Crippen LogP contribution in [0.1, 0.15) is 33.3 Å². The summed E-state index contributed by atoms with van der Waals surface area (Å²) >= 11 is 1.04. The van der Waals surface area contributed by atoms with Crippen LogP contribution >= 0.6 is 11.3 Å². The Morgan fingerprint density at radius 2 is 1.93 bits per heavy atom. The topological polar surface area (TPSA) is 93.2 Å². The summed E-state index contributed by atoms with van der Waals surface area (Å²) in [5.41, 5.74) is 1.33. The smallest absolute Gasteiger partial charge is 0.286 e. The van der Waals surface area contributed by atoms with Gasteiger partial charge in [-0.25, -0.2) is 4.39 Å². The second-order valence-electron chi connectivity index (χ2n) is 6.16. The van der Waals surface area contributed by atoms with E-state index in [9.17, 15) is 14.0 Å². The molecule has 0 saturated carbocycles. The van der Waals surface area contributed by atoms with E-state index in [0.717, 1.165) is 16.9 Å². The Labute approximate surface area is 170 Å². The Morgan fingerprint density at radius 3 is 2.69 bits per heavy atom. The van der Waals surface area contributed by atoms with Crippen LogP contribution in [0.15, 0.2) is 54.6 Å². The number of anilines is 1. The molecule has 9 heteroatoms. The third-order valence-electron chi connectivity index (χ3n) is 3.88. The van der Waals surface area contributed by atoms with Crippen molar-refractivity contribution in [1.82, 2.24) is 15.5 Å². The number of halogens is 1. The number of amides is 2. The quantitative estimate of drug-likeness (QED) is 0.590. The van der Waals surface area contributed by atoms with Gasteiger partial charge in [-0.3, -0.25) is 9.59 Å². The summed E-state index contributed by atoms with van der Waals surface area (Å²) < 4.78 is 18.5. The first-order valence-corrected chi connectivity index (χ1v) is 9.64. The van der Waals surface area contributed by atoms with Gasteiger partial charge in [0.1, 0.15) is 24.0 Å². The van der Waals surface area contributed by atoms with Crippen LogP contribution in [0, 0.1) is 5.82 Å². The first kappa shape index (κ1) is 20.6. The highest BCUT2D eigenvalue weighted by atomic mass is 32.1. The van der Waals surface area contributed by atoms with E-state index in [2.05, 4.69) is 20.8 Å². The average molecular weight is 414 g/mol.